The van der Waals surface area contributed by atoms with E-state index in [0.717, 1.165) is 6.42 Å². The number of nitrogens with one attached hydrogen (secondary N) is 1. The molecule has 3 rings (SSSR count). The smallest absolute Gasteiger partial charge is 0.230 e. The quantitative estimate of drug-likeness (QED) is 0.518. The molecular weight excluding hydrogens is 408 g/mol. The van der Waals surface area contributed by atoms with Crippen LogP contribution in [0.15, 0.2) is 59.8 Å². The summed E-state index contributed by atoms with van der Waals surface area (Å²) in [6.45, 7) is 2.49. The number of benzene rings is 2. The molecule has 6 nitrogen and oxygen atoms in total. The number of ether oxygens (including phenoxy) is 1. The first-order valence-corrected chi connectivity index (χ1v) is 10.6. The molecule has 0 unspecified atom stereocenters. The van der Waals surface area contributed by atoms with Gasteiger partial charge in [0.1, 0.15) is 5.75 Å². The van der Waals surface area contributed by atoms with E-state index in [1.54, 1.807) is 6.07 Å². The number of para-hydroxylation sites is 1. The predicted molar refractivity (Wildman–Crippen MR) is 115 cm³/mol. The molecule has 29 heavy (non-hydrogen) atoms. The third-order valence-electron chi connectivity index (χ3n) is 4.28. The molecule has 1 N–H and O–H groups in total. The number of nitrogens with zero attached hydrogens (tertiary/aromatic N) is 3. The average Bonchev–Trinajstić information content (AvgIpc) is 3.09. The normalized spacial score (nSPS) is 11.8. The molecule has 1 amide bonds. The molecule has 1 heterocycles. The summed E-state index contributed by atoms with van der Waals surface area (Å²) in [5.74, 6) is 1.50. The number of aromatic nitrogens is 3. The predicted octanol–water partition coefficient (Wildman–Crippen LogP) is 4.06. The molecule has 0 fully saturated rings. The van der Waals surface area contributed by atoms with Gasteiger partial charge < -0.3 is 14.6 Å². The third-order valence-corrected chi connectivity index (χ3v) is 5.62. The number of carbonyl (C=O) groups is 1. The van der Waals surface area contributed by atoms with Crippen molar-refractivity contribution in [2.75, 3.05) is 12.3 Å². The summed E-state index contributed by atoms with van der Waals surface area (Å²) in [5, 5.41) is 12.5. The lowest BCUT2D eigenvalue weighted by Crippen LogP contribution is -2.27. The van der Waals surface area contributed by atoms with Gasteiger partial charge in [-0.05, 0) is 31.0 Å². The second-order valence-corrected chi connectivity index (χ2v) is 7.81. The van der Waals surface area contributed by atoms with E-state index < -0.39 is 0 Å². The molecule has 0 bridgehead atoms. The van der Waals surface area contributed by atoms with Crippen molar-refractivity contribution in [3.05, 3.63) is 71.0 Å². The number of thioether (sulfide) groups is 1. The maximum Gasteiger partial charge on any atom is 0.230 e. The molecule has 0 aliphatic rings. The number of hydrogen-bond donors (Lipinski definition) is 1. The standard InChI is InChI=1S/C21H23ClN4O2S/c1-15(28-18-11-7-6-10-17(18)22)20-24-25-21(26(20)2)29-14-19(27)23-13-12-16-8-4-3-5-9-16/h3-11,15H,12-14H2,1-2H3,(H,23,27)/t15-/m1/s1. The van der Waals surface area contributed by atoms with Crippen molar-refractivity contribution < 1.29 is 9.53 Å². The van der Waals surface area contributed by atoms with Crippen LogP contribution in [0.2, 0.25) is 5.02 Å². The topological polar surface area (TPSA) is 69.0 Å². The number of amides is 1. The Balaban J connectivity index is 1.49. The molecule has 1 aromatic heterocycles. The van der Waals surface area contributed by atoms with Gasteiger partial charge in [-0.1, -0.05) is 65.8 Å². The Morgan fingerprint density at radius 2 is 1.90 bits per heavy atom. The van der Waals surface area contributed by atoms with Crippen LogP contribution in [0, 0.1) is 0 Å². The van der Waals surface area contributed by atoms with Gasteiger partial charge >= 0.3 is 0 Å². The molecule has 0 aliphatic carbocycles. The summed E-state index contributed by atoms with van der Waals surface area (Å²) in [7, 11) is 1.86. The maximum atomic E-state index is 12.1. The number of halogens is 1. The van der Waals surface area contributed by atoms with Gasteiger partial charge in [0.05, 0.1) is 10.8 Å². The fourth-order valence-electron chi connectivity index (χ4n) is 2.76. The molecule has 0 saturated carbocycles. The first kappa shape index (κ1) is 21.2. The molecule has 8 heteroatoms. The highest BCUT2D eigenvalue weighted by Crippen LogP contribution is 2.28. The second-order valence-electron chi connectivity index (χ2n) is 6.46. The second kappa shape index (κ2) is 10.3. The van der Waals surface area contributed by atoms with E-state index >= 15 is 0 Å². The molecule has 3 aromatic rings. The van der Waals surface area contributed by atoms with E-state index in [1.165, 1.54) is 17.3 Å². The van der Waals surface area contributed by atoms with Gasteiger partial charge in [0.25, 0.3) is 0 Å². The Morgan fingerprint density at radius 3 is 2.66 bits per heavy atom. The summed E-state index contributed by atoms with van der Waals surface area (Å²) in [6, 6.07) is 17.4. The van der Waals surface area contributed by atoms with Crippen LogP contribution in [0.5, 0.6) is 5.75 Å². The van der Waals surface area contributed by atoms with E-state index in [4.69, 9.17) is 16.3 Å². The van der Waals surface area contributed by atoms with Gasteiger partial charge in [0, 0.05) is 13.6 Å². The van der Waals surface area contributed by atoms with E-state index in [0.29, 0.717) is 28.3 Å². The van der Waals surface area contributed by atoms with Crippen molar-refractivity contribution in [1.29, 1.82) is 0 Å². The van der Waals surface area contributed by atoms with Crippen LogP contribution in [0.1, 0.15) is 24.4 Å². The summed E-state index contributed by atoms with van der Waals surface area (Å²) >= 11 is 7.49. The minimum atomic E-state index is -0.332. The average molecular weight is 431 g/mol. The largest absolute Gasteiger partial charge is 0.481 e. The SMILES string of the molecule is C[C@@H](Oc1ccccc1Cl)c1nnc(SCC(=O)NCCc2ccccc2)n1C. The lowest BCUT2D eigenvalue weighted by Gasteiger charge is -2.15. The fraction of sp³-hybridized carbons (Fsp3) is 0.286. The monoisotopic (exact) mass is 430 g/mol. The van der Waals surface area contributed by atoms with Crippen LogP contribution in [0.25, 0.3) is 0 Å². The number of carbonyl (C=O) groups excluding carboxylic acids is 1. The van der Waals surface area contributed by atoms with Crippen LogP contribution in [-0.4, -0.2) is 33.0 Å². The molecule has 1 atom stereocenters. The summed E-state index contributed by atoms with van der Waals surface area (Å²) < 4.78 is 7.74. The molecule has 2 aromatic carbocycles. The Bertz CT molecular complexity index is 949. The van der Waals surface area contributed by atoms with Crippen LogP contribution >= 0.6 is 23.4 Å². The zero-order valence-electron chi connectivity index (χ0n) is 16.3. The highest BCUT2D eigenvalue weighted by atomic mass is 35.5. The van der Waals surface area contributed by atoms with Gasteiger partial charge in [0.2, 0.25) is 5.91 Å². The Labute approximate surface area is 179 Å². The Kier molecular flexibility index (Phi) is 7.55. The molecular formula is C21H23ClN4O2S. The highest BCUT2D eigenvalue weighted by Gasteiger charge is 2.18. The molecule has 152 valence electrons. The molecule has 0 saturated heterocycles. The van der Waals surface area contributed by atoms with E-state index in [1.807, 2.05) is 67.1 Å². The van der Waals surface area contributed by atoms with Gasteiger partial charge in [0.15, 0.2) is 17.1 Å². The minimum absolute atomic E-state index is 0.0316. The fourth-order valence-corrected chi connectivity index (χ4v) is 3.69. The zero-order valence-corrected chi connectivity index (χ0v) is 17.9. The van der Waals surface area contributed by atoms with Crippen molar-refractivity contribution >= 4 is 29.3 Å². The molecule has 0 radical (unpaired) electrons. The third kappa shape index (κ3) is 5.98. The zero-order chi connectivity index (χ0) is 20.6. The van der Waals surface area contributed by atoms with Crippen LogP contribution < -0.4 is 10.1 Å². The van der Waals surface area contributed by atoms with E-state index in [-0.39, 0.29) is 17.8 Å². The first-order chi connectivity index (χ1) is 14.0. The molecule has 0 aliphatic heterocycles. The maximum absolute atomic E-state index is 12.1. The van der Waals surface area contributed by atoms with Gasteiger partial charge in [-0.15, -0.1) is 10.2 Å². The van der Waals surface area contributed by atoms with E-state index in [9.17, 15) is 4.79 Å². The van der Waals surface area contributed by atoms with Crippen LogP contribution in [0.3, 0.4) is 0 Å². The van der Waals surface area contributed by atoms with Crippen molar-refractivity contribution in [3.8, 4) is 5.75 Å². The van der Waals surface area contributed by atoms with Gasteiger partial charge in [-0.3, -0.25) is 4.79 Å². The van der Waals surface area contributed by atoms with Crippen LogP contribution in [0.4, 0.5) is 0 Å². The molecule has 0 spiro atoms. The van der Waals surface area contributed by atoms with Crippen molar-refractivity contribution in [2.24, 2.45) is 7.05 Å². The van der Waals surface area contributed by atoms with Gasteiger partial charge in [-0.25, -0.2) is 0 Å². The minimum Gasteiger partial charge on any atom is -0.481 e. The van der Waals surface area contributed by atoms with Crippen molar-refractivity contribution in [3.63, 3.8) is 0 Å². The van der Waals surface area contributed by atoms with E-state index in [2.05, 4.69) is 15.5 Å². The summed E-state index contributed by atoms with van der Waals surface area (Å²) in [4.78, 5) is 12.1. The highest BCUT2D eigenvalue weighted by molar-refractivity contribution is 7.99. The Hall–Kier alpha value is -2.51. The number of rotatable bonds is 9. The van der Waals surface area contributed by atoms with Gasteiger partial charge in [-0.2, -0.15) is 0 Å². The lowest BCUT2D eigenvalue weighted by molar-refractivity contribution is -0.118. The lowest BCUT2D eigenvalue weighted by atomic mass is 10.1. The van der Waals surface area contributed by atoms with Crippen LogP contribution in [-0.2, 0) is 18.3 Å². The number of hydrogen-bond acceptors (Lipinski definition) is 5. The van der Waals surface area contributed by atoms with Crippen molar-refractivity contribution in [2.45, 2.75) is 24.6 Å². The first-order valence-electron chi connectivity index (χ1n) is 9.28. The summed E-state index contributed by atoms with van der Waals surface area (Å²) in [5.41, 5.74) is 1.20. The summed E-state index contributed by atoms with van der Waals surface area (Å²) in [6.07, 6.45) is 0.476. The van der Waals surface area contributed by atoms with Crippen molar-refractivity contribution in [1.82, 2.24) is 20.1 Å². The Morgan fingerprint density at radius 1 is 1.17 bits per heavy atom.